The summed E-state index contributed by atoms with van der Waals surface area (Å²) in [6.45, 7) is 2.11. The number of H-pyrrole nitrogens is 1. The second-order valence-electron chi connectivity index (χ2n) is 6.47. The summed E-state index contributed by atoms with van der Waals surface area (Å²) < 4.78 is 14.2. The molecule has 2 aromatic carbocycles. The maximum atomic E-state index is 14.2. The number of halogens is 1. The first kappa shape index (κ1) is 16.3. The van der Waals surface area contributed by atoms with Crippen LogP contribution >= 0.6 is 0 Å². The van der Waals surface area contributed by atoms with Crippen LogP contribution in [-0.2, 0) is 9.59 Å². The first-order valence-corrected chi connectivity index (χ1v) is 8.33. The van der Waals surface area contributed by atoms with Crippen molar-refractivity contribution >= 4 is 34.2 Å². The van der Waals surface area contributed by atoms with Crippen molar-refractivity contribution in [3.8, 4) is 0 Å². The molecule has 0 spiro atoms. The van der Waals surface area contributed by atoms with E-state index in [1.54, 1.807) is 18.2 Å². The topological polar surface area (TPSA) is 78.1 Å². The lowest BCUT2D eigenvalue weighted by Crippen LogP contribution is -2.28. The fraction of sp³-hybridized carbons (Fsp3) is 0.211. The molecule has 1 fully saturated rings. The molecule has 2 N–H and O–H groups in total. The normalized spacial score (nSPS) is 17.1. The van der Waals surface area contributed by atoms with Gasteiger partial charge in [0.05, 0.1) is 16.8 Å². The van der Waals surface area contributed by atoms with Gasteiger partial charge in [0.2, 0.25) is 11.8 Å². The molecular weight excluding hydrogens is 335 g/mol. The Balaban J connectivity index is 1.56. The fourth-order valence-corrected chi connectivity index (χ4v) is 3.26. The predicted molar refractivity (Wildman–Crippen MR) is 96.3 cm³/mol. The van der Waals surface area contributed by atoms with Crippen LogP contribution in [0.15, 0.2) is 42.5 Å². The number of rotatable bonds is 3. The van der Waals surface area contributed by atoms with E-state index in [2.05, 4.69) is 15.5 Å². The highest BCUT2D eigenvalue weighted by atomic mass is 19.1. The molecule has 0 bridgehead atoms. The number of nitrogens with zero attached hydrogens (tertiary/aromatic N) is 2. The van der Waals surface area contributed by atoms with Crippen LogP contribution in [0, 0.1) is 18.7 Å². The molecular formula is C19H17FN4O2. The number of aryl methyl sites for hydroxylation is 1. The van der Waals surface area contributed by atoms with E-state index in [4.69, 9.17) is 0 Å². The van der Waals surface area contributed by atoms with Crippen LogP contribution in [0.25, 0.3) is 10.9 Å². The van der Waals surface area contributed by atoms with Gasteiger partial charge in [0.1, 0.15) is 5.82 Å². The number of benzene rings is 2. The lowest BCUT2D eigenvalue weighted by molar-refractivity contribution is -0.122. The van der Waals surface area contributed by atoms with E-state index < -0.39 is 11.7 Å². The van der Waals surface area contributed by atoms with E-state index >= 15 is 0 Å². The van der Waals surface area contributed by atoms with Crippen molar-refractivity contribution in [2.24, 2.45) is 5.92 Å². The first-order valence-electron chi connectivity index (χ1n) is 8.33. The number of carbonyl (C=O) groups is 2. The zero-order valence-electron chi connectivity index (χ0n) is 14.1. The summed E-state index contributed by atoms with van der Waals surface area (Å²) in [6.07, 6.45) is 0.0699. The second-order valence-corrected chi connectivity index (χ2v) is 6.47. The van der Waals surface area contributed by atoms with Gasteiger partial charge < -0.3 is 5.32 Å². The van der Waals surface area contributed by atoms with Gasteiger partial charge in [-0.15, -0.1) is 0 Å². The standard InChI is InChI=1S/C19H17FN4O2/c1-11-4-2-5-13(8-11)21-19(26)12-9-16(25)24(10-12)18-17-14(20)6-3-7-15(17)22-23-18/h2-8,12H,9-10H2,1H3,(H,21,26)(H,22,23)/t12-/m1/s1. The Kier molecular flexibility index (Phi) is 3.91. The van der Waals surface area contributed by atoms with Gasteiger partial charge in [0, 0.05) is 18.7 Å². The lowest BCUT2D eigenvalue weighted by Gasteiger charge is -2.14. The van der Waals surface area contributed by atoms with Crippen molar-refractivity contribution in [1.82, 2.24) is 10.2 Å². The number of nitrogens with one attached hydrogen (secondary N) is 2. The Bertz CT molecular complexity index is 1010. The molecule has 1 aliphatic heterocycles. The summed E-state index contributed by atoms with van der Waals surface area (Å²) in [6, 6.07) is 12.0. The van der Waals surface area contributed by atoms with Gasteiger partial charge in [0.15, 0.2) is 5.82 Å². The molecule has 132 valence electrons. The van der Waals surface area contributed by atoms with E-state index in [1.807, 2.05) is 25.1 Å². The zero-order chi connectivity index (χ0) is 18.3. The smallest absolute Gasteiger partial charge is 0.229 e. The highest BCUT2D eigenvalue weighted by Crippen LogP contribution is 2.31. The molecule has 7 heteroatoms. The summed E-state index contributed by atoms with van der Waals surface area (Å²) >= 11 is 0. The molecule has 3 aromatic rings. The Morgan fingerprint density at radius 2 is 2.12 bits per heavy atom. The second kappa shape index (κ2) is 6.25. The van der Waals surface area contributed by atoms with Crippen molar-refractivity contribution < 1.29 is 14.0 Å². The average molecular weight is 352 g/mol. The van der Waals surface area contributed by atoms with Crippen LogP contribution in [0.1, 0.15) is 12.0 Å². The monoisotopic (exact) mass is 352 g/mol. The SMILES string of the molecule is Cc1cccc(NC(=O)[C@@H]2CC(=O)N(c3n[nH]c4cccc(F)c34)C2)c1. The van der Waals surface area contributed by atoms with E-state index in [-0.39, 0.29) is 36.0 Å². The minimum absolute atomic E-state index is 0.0699. The molecule has 6 nitrogen and oxygen atoms in total. The number of aromatic amines is 1. The third-order valence-electron chi connectivity index (χ3n) is 4.56. The molecule has 0 radical (unpaired) electrons. The molecule has 26 heavy (non-hydrogen) atoms. The van der Waals surface area contributed by atoms with Gasteiger partial charge in [-0.1, -0.05) is 18.2 Å². The third kappa shape index (κ3) is 2.81. The van der Waals surface area contributed by atoms with Crippen LogP contribution in [0.3, 0.4) is 0 Å². The molecule has 1 aromatic heterocycles. The van der Waals surface area contributed by atoms with Crippen molar-refractivity contribution in [3.63, 3.8) is 0 Å². The van der Waals surface area contributed by atoms with E-state index in [9.17, 15) is 14.0 Å². The van der Waals surface area contributed by atoms with Gasteiger partial charge >= 0.3 is 0 Å². The van der Waals surface area contributed by atoms with Crippen LogP contribution in [0.2, 0.25) is 0 Å². The van der Waals surface area contributed by atoms with Crippen LogP contribution in [-0.4, -0.2) is 28.6 Å². The number of fused-ring (bicyclic) bond motifs is 1. The van der Waals surface area contributed by atoms with Crippen molar-refractivity contribution in [1.29, 1.82) is 0 Å². The third-order valence-corrected chi connectivity index (χ3v) is 4.56. The van der Waals surface area contributed by atoms with Gasteiger partial charge in [-0.2, -0.15) is 5.10 Å². The Morgan fingerprint density at radius 3 is 2.92 bits per heavy atom. The number of carbonyl (C=O) groups excluding carboxylic acids is 2. The maximum absolute atomic E-state index is 14.2. The molecule has 0 unspecified atom stereocenters. The Morgan fingerprint density at radius 1 is 1.31 bits per heavy atom. The number of hydrogen-bond donors (Lipinski definition) is 2. The first-order chi connectivity index (χ1) is 12.5. The minimum Gasteiger partial charge on any atom is -0.326 e. The molecule has 0 saturated carbocycles. The van der Waals surface area contributed by atoms with Crippen LogP contribution in [0.5, 0.6) is 0 Å². The van der Waals surface area contributed by atoms with Gasteiger partial charge in [-0.3, -0.25) is 19.6 Å². The number of aromatic nitrogens is 2. The maximum Gasteiger partial charge on any atom is 0.229 e. The quantitative estimate of drug-likeness (QED) is 0.761. The van der Waals surface area contributed by atoms with Crippen molar-refractivity contribution in [2.45, 2.75) is 13.3 Å². The average Bonchev–Trinajstić information content (AvgIpc) is 3.19. The Labute approximate surface area is 149 Å². The molecule has 1 aliphatic rings. The minimum atomic E-state index is -0.512. The molecule has 1 saturated heterocycles. The summed E-state index contributed by atoms with van der Waals surface area (Å²) in [5, 5.41) is 9.92. The lowest BCUT2D eigenvalue weighted by atomic mass is 10.1. The van der Waals surface area contributed by atoms with E-state index in [0.29, 0.717) is 11.2 Å². The highest BCUT2D eigenvalue weighted by molar-refractivity contribution is 6.07. The number of anilines is 2. The summed E-state index contributed by atoms with van der Waals surface area (Å²) in [5.41, 5.74) is 2.24. The van der Waals surface area contributed by atoms with Gasteiger partial charge in [-0.05, 0) is 36.8 Å². The van der Waals surface area contributed by atoms with E-state index in [1.165, 1.54) is 11.0 Å². The van der Waals surface area contributed by atoms with Crippen molar-refractivity contribution in [3.05, 3.63) is 53.8 Å². The number of amides is 2. The summed E-state index contributed by atoms with van der Waals surface area (Å²) in [5.74, 6) is -1.21. The van der Waals surface area contributed by atoms with Crippen LogP contribution in [0.4, 0.5) is 15.9 Å². The fourth-order valence-electron chi connectivity index (χ4n) is 3.26. The summed E-state index contributed by atoms with van der Waals surface area (Å²) in [7, 11) is 0. The Hall–Kier alpha value is -3.22. The van der Waals surface area contributed by atoms with E-state index in [0.717, 1.165) is 5.56 Å². The predicted octanol–water partition coefficient (Wildman–Crippen LogP) is 3.00. The molecule has 2 amide bonds. The highest BCUT2D eigenvalue weighted by Gasteiger charge is 2.37. The molecule has 2 heterocycles. The molecule has 4 rings (SSSR count). The summed E-state index contributed by atoms with van der Waals surface area (Å²) in [4.78, 5) is 26.3. The largest absolute Gasteiger partial charge is 0.326 e. The molecule has 0 aliphatic carbocycles. The van der Waals surface area contributed by atoms with Gasteiger partial charge in [0.25, 0.3) is 0 Å². The van der Waals surface area contributed by atoms with Crippen LogP contribution < -0.4 is 10.2 Å². The van der Waals surface area contributed by atoms with Gasteiger partial charge in [-0.25, -0.2) is 4.39 Å². The molecule has 1 atom stereocenters. The number of hydrogen-bond acceptors (Lipinski definition) is 3. The zero-order valence-corrected chi connectivity index (χ0v) is 14.1. The van der Waals surface area contributed by atoms with Crippen molar-refractivity contribution in [2.75, 3.05) is 16.8 Å².